The highest BCUT2D eigenvalue weighted by Gasteiger charge is 2.16. The number of hydrogen-bond donors (Lipinski definition) is 1. The van der Waals surface area contributed by atoms with E-state index in [2.05, 4.69) is 20.4 Å². The molecule has 0 aromatic carbocycles. The summed E-state index contributed by atoms with van der Waals surface area (Å²) in [6.45, 7) is 10.2. The van der Waals surface area contributed by atoms with Crippen LogP contribution in [0.5, 0.6) is 0 Å². The number of carbonyl (C=O) groups is 1. The van der Waals surface area contributed by atoms with Gasteiger partial charge in [0.2, 0.25) is 5.91 Å². The largest absolute Gasteiger partial charge is 0.361 e. The molecule has 130 valence electrons. The second kappa shape index (κ2) is 8.28. The molecule has 1 N–H and O–H groups in total. The van der Waals surface area contributed by atoms with Crippen molar-refractivity contribution in [3.05, 3.63) is 34.5 Å². The summed E-state index contributed by atoms with van der Waals surface area (Å²) in [6.07, 6.45) is 1.70. The molecule has 0 saturated carbocycles. The second-order valence-corrected chi connectivity index (χ2v) is 7.20. The van der Waals surface area contributed by atoms with Crippen LogP contribution in [0.25, 0.3) is 0 Å². The lowest BCUT2D eigenvalue weighted by Crippen LogP contribution is -2.32. The molecule has 2 rings (SSSR count). The first-order chi connectivity index (χ1) is 11.4. The Hall–Kier alpha value is -1.89. The molecular formula is C17H24N4O2S. The highest BCUT2D eigenvalue weighted by Crippen LogP contribution is 2.20. The van der Waals surface area contributed by atoms with E-state index < -0.39 is 0 Å². The van der Waals surface area contributed by atoms with E-state index in [4.69, 9.17) is 4.52 Å². The van der Waals surface area contributed by atoms with Crippen LogP contribution in [0, 0.1) is 27.7 Å². The van der Waals surface area contributed by atoms with Gasteiger partial charge in [0.15, 0.2) is 5.16 Å². The van der Waals surface area contributed by atoms with E-state index in [-0.39, 0.29) is 11.2 Å². The van der Waals surface area contributed by atoms with Crippen LogP contribution < -0.4 is 5.32 Å². The Labute approximate surface area is 146 Å². The van der Waals surface area contributed by atoms with Gasteiger partial charge in [0.05, 0.1) is 10.9 Å². The molecule has 1 unspecified atom stereocenters. The molecule has 0 aliphatic rings. The standard InChI is InChI=1S/C17H24N4O2S/c1-10-9-11(2)20-17(19-10)24-14(5)16(22)18-8-6-7-15-12(3)21-23-13(15)4/h9,14H,6-8H2,1-5H3,(H,18,22). The van der Waals surface area contributed by atoms with Crippen LogP contribution in [0.3, 0.4) is 0 Å². The summed E-state index contributed by atoms with van der Waals surface area (Å²) in [5, 5.41) is 7.32. The lowest BCUT2D eigenvalue weighted by molar-refractivity contribution is -0.120. The van der Waals surface area contributed by atoms with Gasteiger partial charge >= 0.3 is 0 Å². The minimum Gasteiger partial charge on any atom is -0.361 e. The summed E-state index contributed by atoms with van der Waals surface area (Å²) in [5.41, 5.74) is 3.89. The van der Waals surface area contributed by atoms with Crippen LogP contribution >= 0.6 is 11.8 Å². The number of aryl methyl sites for hydroxylation is 4. The van der Waals surface area contributed by atoms with E-state index in [1.54, 1.807) is 0 Å². The molecule has 0 saturated heterocycles. The van der Waals surface area contributed by atoms with E-state index in [9.17, 15) is 4.79 Å². The Bertz CT molecular complexity index is 675. The quantitative estimate of drug-likeness (QED) is 0.471. The van der Waals surface area contributed by atoms with Crippen molar-refractivity contribution in [1.29, 1.82) is 0 Å². The molecule has 0 aliphatic carbocycles. The Morgan fingerprint density at radius 1 is 1.25 bits per heavy atom. The first kappa shape index (κ1) is 18.4. The maximum absolute atomic E-state index is 12.2. The smallest absolute Gasteiger partial charge is 0.233 e. The predicted octanol–water partition coefficient (Wildman–Crippen LogP) is 2.93. The summed E-state index contributed by atoms with van der Waals surface area (Å²) in [5.74, 6) is 0.858. The van der Waals surface area contributed by atoms with Gasteiger partial charge in [-0.3, -0.25) is 4.79 Å². The van der Waals surface area contributed by atoms with Gasteiger partial charge in [-0.15, -0.1) is 0 Å². The summed E-state index contributed by atoms with van der Waals surface area (Å²) >= 11 is 1.38. The van der Waals surface area contributed by atoms with E-state index in [0.29, 0.717) is 11.7 Å². The Kier molecular flexibility index (Phi) is 6.36. The predicted molar refractivity (Wildman–Crippen MR) is 94.1 cm³/mol. The van der Waals surface area contributed by atoms with Gasteiger partial charge in [-0.25, -0.2) is 9.97 Å². The molecule has 2 aromatic heterocycles. The van der Waals surface area contributed by atoms with Gasteiger partial charge in [-0.05, 0) is 53.5 Å². The molecule has 1 amide bonds. The van der Waals surface area contributed by atoms with Crippen molar-refractivity contribution in [1.82, 2.24) is 20.4 Å². The molecule has 0 bridgehead atoms. The number of rotatable bonds is 7. The summed E-state index contributed by atoms with van der Waals surface area (Å²) in [4.78, 5) is 20.9. The summed E-state index contributed by atoms with van der Waals surface area (Å²) in [7, 11) is 0. The average Bonchev–Trinajstić information content (AvgIpc) is 2.81. The maximum atomic E-state index is 12.2. The maximum Gasteiger partial charge on any atom is 0.233 e. The molecule has 0 spiro atoms. The molecule has 0 fully saturated rings. The zero-order valence-corrected chi connectivity index (χ0v) is 15.7. The number of aromatic nitrogens is 3. The molecule has 0 radical (unpaired) electrons. The third kappa shape index (κ3) is 5.06. The zero-order chi connectivity index (χ0) is 17.7. The van der Waals surface area contributed by atoms with Crippen molar-refractivity contribution in [3.63, 3.8) is 0 Å². The van der Waals surface area contributed by atoms with Gasteiger partial charge in [-0.1, -0.05) is 16.9 Å². The number of nitrogens with zero attached hydrogens (tertiary/aromatic N) is 3. The Balaban J connectivity index is 1.77. The minimum absolute atomic E-state index is 0.00141. The first-order valence-electron chi connectivity index (χ1n) is 8.05. The highest BCUT2D eigenvalue weighted by molar-refractivity contribution is 8.00. The van der Waals surface area contributed by atoms with E-state index in [0.717, 1.165) is 41.2 Å². The third-order valence-electron chi connectivity index (χ3n) is 3.70. The SMILES string of the molecule is Cc1cc(C)nc(SC(C)C(=O)NCCCc2c(C)noc2C)n1. The van der Waals surface area contributed by atoms with Gasteiger partial charge in [0.1, 0.15) is 5.76 Å². The van der Waals surface area contributed by atoms with Crippen LogP contribution in [0.4, 0.5) is 0 Å². The van der Waals surface area contributed by atoms with Crippen LogP contribution in [0.1, 0.15) is 41.8 Å². The van der Waals surface area contributed by atoms with Crippen LogP contribution in [0.2, 0.25) is 0 Å². The molecule has 0 aliphatic heterocycles. The fourth-order valence-electron chi connectivity index (χ4n) is 2.44. The first-order valence-corrected chi connectivity index (χ1v) is 8.93. The minimum atomic E-state index is -0.231. The van der Waals surface area contributed by atoms with Crippen LogP contribution in [-0.4, -0.2) is 32.8 Å². The van der Waals surface area contributed by atoms with E-state index >= 15 is 0 Å². The second-order valence-electron chi connectivity index (χ2n) is 5.89. The number of amides is 1. The van der Waals surface area contributed by atoms with Crippen LogP contribution in [-0.2, 0) is 11.2 Å². The molecular weight excluding hydrogens is 324 g/mol. The van der Waals surface area contributed by atoms with Crippen LogP contribution in [0.15, 0.2) is 15.7 Å². The number of thioether (sulfide) groups is 1. The van der Waals surface area contributed by atoms with E-state index in [1.807, 2.05) is 40.7 Å². The Morgan fingerprint density at radius 2 is 1.92 bits per heavy atom. The monoisotopic (exact) mass is 348 g/mol. The van der Waals surface area contributed by atoms with Crippen molar-refractivity contribution in [2.75, 3.05) is 6.54 Å². The highest BCUT2D eigenvalue weighted by atomic mass is 32.2. The van der Waals surface area contributed by atoms with Crippen molar-refractivity contribution >= 4 is 17.7 Å². The average molecular weight is 348 g/mol. The molecule has 6 nitrogen and oxygen atoms in total. The topological polar surface area (TPSA) is 80.9 Å². The summed E-state index contributed by atoms with van der Waals surface area (Å²) < 4.78 is 5.14. The third-order valence-corrected chi connectivity index (χ3v) is 4.66. The van der Waals surface area contributed by atoms with Crippen molar-refractivity contribution < 1.29 is 9.32 Å². The number of hydrogen-bond acceptors (Lipinski definition) is 6. The zero-order valence-electron chi connectivity index (χ0n) is 14.8. The molecule has 2 heterocycles. The van der Waals surface area contributed by atoms with Gasteiger partial charge in [0, 0.05) is 23.5 Å². The molecule has 2 aromatic rings. The molecule has 1 atom stereocenters. The number of carbonyl (C=O) groups excluding carboxylic acids is 1. The Morgan fingerprint density at radius 3 is 2.50 bits per heavy atom. The van der Waals surface area contributed by atoms with Crippen molar-refractivity contribution in [2.45, 2.75) is 57.9 Å². The van der Waals surface area contributed by atoms with Gasteiger partial charge in [-0.2, -0.15) is 0 Å². The fourth-order valence-corrected chi connectivity index (χ4v) is 3.34. The normalized spacial score (nSPS) is 12.2. The van der Waals surface area contributed by atoms with E-state index in [1.165, 1.54) is 11.8 Å². The lowest BCUT2D eigenvalue weighted by atomic mass is 10.1. The van der Waals surface area contributed by atoms with Crippen molar-refractivity contribution in [2.24, 2.45) is 0 Å². The van der Waals surface area contributed by atoms with Crippen molar-refractivity contribution in [3.8, 4) is 0 Å². The van der Waals surface area contributed by atoms with Gasteiger partial charge in [0.25, 0.3) is 0 Å². The summed E-state index contributed by atoms with van der Waals surface area (Å²) in [6, 6.07) is 1.92. The molecule has 24 heavy (non-hydrogen) atoms. The fraction of sp³-hybridized carbons (Fsp3) is 0.529. The van der Waals surface area contributed by atoms with Gasteiger partial charge < -0.3 is 9.84 Å². The molecule has 7 heteroatoms. The lowest BCUT2D eigenvalue weighted by Gasteiger charge is -2.11. The number of nitrogens with one attached hydrogen (secondary N) is 1.